The van der Waals surface area contributed by atoms with Crippen LogP contribution in [-0.2, 0) is 13.6 Å². The van der Waals surface area contributed by atoms with E-state index in [4.69, 9.17) is 4.42 Å². The smallest absolute Gasteiger partial charge is 0.165 e. The minimum Gasteiger partial charge on any atom is -0.464 e. The van der Waals surface area contributed by atoms with E-state index in [0.29, 0.717) is 12.5 Å². The van der Waals surface area contributed by atoms with E-state index in [1.165, 1.54) is 6.42 Å². The van der Waals surface area contributed by atoms with E-state index in [-0.39, 0.29) is 0 Å². The predicted octanol–water partition coefficient (Wildman–Crippen LogP) is 3.21. The molecular formula is C17H19N5O. The van der Waals surface area contributed by atoms with Crippen molar-refractivity contribution in [2.45, 2.75) is 25.8 Å². The SMILES string of the molecule is C[C@H]1C[C@H]1c1ccc(CNc2cncc(-c3nncn3C)c2)o1. The summed E-state index contributed by atoms with van der Waals surface area (Å²) in [7, 11) is 1.92. The zero-order valence-corrected chi connectivity index (χ0v) is 13.2. The molecule has 4 rings (SSSR count). The second kappa shape index (κ2) is 5.53. The van der Waals surface area contributed by atoms with Crippen molar-refractivity contribution in [1.82, 2.24) is 19.7 Å². The fraction of sp³-hybridized carbons (Fsp3) is 0.353. The third kappa shape index (κ3) is 2.84. The molecule has 0 aromatic carbocycles. The number of aryl methyl sites for hydroxylation is 1. The molecular weight excluding hydrogens is 290 g/mol. The lowest BCUT2D eigenvalue weighted by Gasteiger charge is -2.06. The van der Waals surface area contributed by atoms with Crippen LogP contribution >= 0.6 is 0 Å². The third-order valence-electron chi connectivity index (χ3n) is 4.33. The van der Waals surface area contributed by atoms with E-state index in [2.05, 4.69) is 33.5 Å². The zero-order chi connectivity index (χ0) is 15.8. The summed E-state index contributed by atoms with van der Waals surface area (Å²) in [5.74, 6) is 4.23. The molecule has 2 atom stereocenters. The van der Waals surface area contributed by atoms with Gasteiger partial charge in [-0.15, -0.1) is 10.2 Å². The van der Waals surface area contributed by atoms with Crippen LogP contribution < -0.4 is 5.32 Å². The molecule has 1 aliphatic carbocycles. The molecule has 1 aliphatic rings. The Bertz CT molecular complexity index is 822. The van der Waals surface area contributed by atoms with Gasteiger partial charge in [-0.3, -0.25) is 4.98 Å². The molecule has 6 nitrogen and oxygen atoms in total. The Balaban J connectivity index is 1.45. The van der Waals surface area contributed by atoms with Crippen LogP contribution in [0.1, 0.15) is 30.8 Å². The number of nitrogens with zero attached hydrogens (tertiary/aromatic N) is 4. The van der Waals surface area contributed by atoms with Crippen LogP contribution in [0.2, 0.25) is 0 Å². The molecule has 3 aromatic rings. The fourth-order valence-electron chi connectivity index (χ4n) is 2.80. The van der Waals surface area contributed by atoms with E-state index in [1.54, 1.807) is 18.7 Å². The fourth-order valence-corrected chi connectivity index (χ4v) is 2.80. The molecule has 0 radical (unpaired) electrons. The number of hydrogen-bond donors (Lipinski definition) is 1. The van der Waals surface area contributed by atoms with E-state index >= 15 is 0 Å². The second-order valence-corrected chi connectivity index (χ2v) is 6.20. The maximum Gasteiger partial charge on any atom is 0.165 e. The van der Waals surface area contributed by atoms with Crippen LogP contribution in [0.5, 0.6) is 0 Å². The van der Waals surface area contributed by atoms with Crippen molar-refractivity contribution in [1.29, 1.82) is 0 Å². The van der Waals surface area contributed by atoms with Gasteiger partial charge >= 0.3 is 0 Å². The number of hydrogen-bond acceptors (Lipinski definition) is 5. The molecule has 23 heavy (non-hydrogen) atoms. The summed E-state index contributed by atoms with van der Waals surface area (Å²) >= 11 is 0. The Kier molecular flexibility index (Phi) is 3.37. The standard InChI is InChI=1S/C17H19N5O/c1-11-5-15(11)16-4-3-14(23-16)9-19-13-6-12(7-18-8-13)17-21-20-10-22(17)2/h3-4,6-8,10-11,15,19H,5,9H2,1-2H3/t11-,15+/m0/s1. The number of aromatic nitrogens is 4. The summed E-state index contributed by atoms with van der Waals surface area (Å²) in [6, 6.07) is 6.16. The van der Waals surface area contributed by atoms with Crippen LogP contribution in [0, 0.1) is 5.92 Å². The predicted molar refractivity (Wildman–Crippen MR) is 86.8 cm³/mol. The first kappa shape index (κ1) is 14.0. The van der Waals surface area contributed by atoms with Crippen molar-refractivity contribution in [3.8, 4) is 11.4 Å². The number of furan rings is 1. The molecule has 118 valence electrons. The lowest BCUT2D eigenvalue weighted by atomic mass is 10.2. The highest BCUT2D eigenvalue weighted by Gasteiger charge is 2.36. The summed E-state index contributed by atoms with van der Waals surface area (Å²) < 4.78 is 7.78. The van der Waals surface area contributed by atoms with Gasteiger partial charge in [-0.05, 0) is 30.5 Å². The molecule has 0 bridgehead atoms. The van der Waals surface area contributed by atoms with Gasteiger partial charge in [0.25, 0.3) is 0 Å². The summed E-state index contributed by atoms with van der Waals surface area (Å²) in [5.41, 5.74) is 1.87. The van der Waals surface area contributed by atoms with Crippen LogP contribution in [0.15, 0.2) is 41.3 Å². The number of rotatable bonds is 5. The average molecular weight is 309 g/mol. The van der Waals surface area contributed by atoms with Gasteiger partial charge in [-0.2, -0.15) is 0 Å². The molecule has 0 aliphatic heterocycles. The van der Waals surface area contributed by atoms with Crippen LogP contribution in [0.3, 0.4) is 0 Å². The number of nitrogens with one attached hydrogen (secondary N) is 1. The zero-order valence-electron chi connectivity index (χ0n) is 13.2. The normalized spacial score (nSPS) is 19.7. The molecule has 0 unspecified atom stereocenters. The van der Waals surface area contributed by atoms with Gasteiger partial charge in [0.15, 0.2) is 5.82 Å². The lowest BCUT2D eigenvalue weighted by Crippen LogP contribution is -2.00. The Hall–Kier alpha value is -2.63. The Labute approximate surface area is 134 Å². The summed E-state index contributed by atoms with van der Waals surface area (Å²) in [6.07, 6.45) is 6.50. The minimum atomic E-state index is 0.615. The molecule has 1 saturated carbocycles. The van der Waals surface area contributed by atoms with Gasteiger partial charge in [0, 0.05) is 30.9 Å². The van der Waals surface area contributed by atoms with Crippen LogP contribution in [0.4, 0.5) is 5.69 Å². The topological polar surface area (TPSA) is 68.8 Å². The maximum absolute atomic E-state index is 5.91. The number of anilines is 1. The highest BCUT2D eigenvalue weighted by Crippen LogP contribution is 2.47. The van der Waals surface area contributed by atoms with Gasteiger partial charge in [0.2, 0.25) is 0 Å². The third-order valence-corrected chi connectivity index (χ3v) is 4.33. The monoisotopic (exact) mass is 309 g/mol. The molecule has 3 aromatic heterocycles. The summed E-state index contributed by atoms with van der Waals surface area (Å²) in [4.78, 5) is 4.27. The molecule has 0 saturated heterocycles. The van der Waals surface area contributed by atoms with Gasteiger partial charge in [0.1, 0.15) is 17.8 Å². The first-order chi connectivity index (χ1) is 11.2. The Morgan fingerprint density at radius 3 is 2.96 bits per heavy atom. The van der Waals surface area contributed by atoms with Crippen molar-refractivity contribution < 1.29 is 4.42 Å². The van der Waals surface area contributed by atoms with Gasteiger partial charge in [-0.25, -0.2) is 0 Å². The molecule has 6 heteroatoms. The molecule has 0 amide bonds. The Morgan fingerprint density at radius 1 is 1.35 bits per heavy atom. The molecule has 0 spiro atoms. The largest absolute Gasteiger partial charge is 0.464 e. The highest BCUT2D eigenvalue weighted by atomic mass is 16.3. The van der Waals surface area contributed by atoms with Crippen LogP contribution in [-0.4, -0.2) is 19.7 Å². The van der Waals surface area contributed by atoms with E-state index in [1.807, 2.05) is 23.7 Å². The first-order valence-electron chi connectivity index (χ1n) is 7.82. The van der Waals surface area contributed by atoms with Gasteiger partial charge in [0.05, 0.1) is 12.2 Å². The van der Waals surface area contributed by atoms with Gasteiger partial charge < -0.3 is 14.3 Å². The molecule has 1 fully saturated rings. The van der Waals surface area contributed by atoms with E-state index in [9.17, 15) is 0 Å². The maximum atomic E-state index is 5.91. The summed E-state index contributed by atoms with van der Waals surface area (Å²) in [6.45, 7) is 2.90. The van der Waals surface area contributed by atoms with Crippen molar-refractivity contribution in [2.24, 2.45) is 13.0 Å². The lowest BCUT2D eigenvalue weighted by molar-refractivity contribution is 0.468. The minimum absolute atomic E-state index is 0.615. The molecule has 1 N–H and O–H groups in total. The highest BCUT2D eigenvalue weighted by molar-refractivity contribution is 5.60. The van der Waals surface area contributed by atoms with E-state index in [0.717, 1.165) is 34.5 Å². The van der Waals surface area contributed by atoms with Crippen LogP contribution in [0.25, 0.3) is 11.4 Å². The second-order valence-electron chi connectivity index (χ2n) is 6.20. The van der Waals surface area contributed by atoms with Crippen molar-refractivity contribution in [3.63, 3.8) is 0 Å². The molecule has 3 heterocycles. The van der Waals surface area contributed by atoms with Crippen molar-refractivity contribution in [2.75, 3.05) is 5.32 Å². The van der Waals surface area contributed by atoms with Gasteiger partial charge in [-0.1, -0.05) is 6.92 Å². The van der Waals surface area contributed by atoms with E-state index < -0.39 is 0 Å². The first-order valence-corrected chi connectivity index (χ1v) is 7.82. The average Bonchev–Trinajstić information content (AvgIpc) is 2.96. The quantitative estimate of drug-likeness (QED) is 0.784. The Morgan fingerprint density at radius 2 is 2.22 bits per heavy atom. The summed E-state index contributed by atoms with van der Waals surface area (Å²) in [5, 5.41) is 11.4. The number of pyridine rings is 1. The van der Waals surface area contributed by atoms with Crippen molar-refractivity contribution >= 4 is 5.69 Å². The van der Waals surface area contributed by atoms with Crippen molar-refractivity contribution in [3.05, 3.63) is 48.4 Å².